The predicted molar refractivity (Wildman–Crippen MR) is 94.5 cm³/mol. The van der Waals surface area contributed by atoms with Crippen LogP contribution in [-0.2, 0) is 4.74 Å². The molecule has 0 radical (unpaired) electrons. The molecule has 0 amide bonds. The molecular formula is C20H16N2O3. The Balaban J connectivity index is 1.82. The number of aliphatic imine (C=N–C) groups is 1. The highest BCUT2D eigenvalue weighted by atomic mass is 16.5. The smallest absolute Gasteiger partial charge is 0.287 e. The SMILES string of the molecule is CC1(C)OC(N)=NC1=Cc1ccc2c(c1)C(=O)c1ccccc1C2=O. The first-order valence-corrected chi connectivity index (χ1v) is 7.95. The molecular weight excluding hydrogens is 316 g/mol. The molecule has 0 atom stereocenters. The maximum Gasteiger partial charge on any atom is 0.287 e. The van der Waals surface area contributed by atoms with E-state index in [0.29, 0.717) is 28.0 Å². The number of hydrogen-bond acceptors (Lipinski definition) is 5. The van der Waals surface area contributed by atoms with Gasteiger partial charge in [-0.3, -0.25) is 9.59 Å². The Morgan fingerprint density at radius 3 is 2.16 bits per heavy atom. The fraction of sp³-hybridized carbons (Fsp3) is 0.150. The summed E-state index contributed by atoms with van der Waals surface area (Å²) in [6.07, 6.45) is 1.82. The molecule has 25 heavy (non-hydrogen) atoms. The first-order chi connectivity index (χ1) is 11.9. The molecule has 4 rings (SSSR count). The van der Waals surface area contributed by atoms with Crippen LogP contribution in [0.2, 0.25) is 0 Å². The number of nitrogens with two attached hydrogens (primary N) is 1. The average molecular weight is 332 g/mol. The van der Waals surface area contributed by atoms with Crippen LogP contribution in [0.15, 0.2) is 53.2 Å². The third kappa shape index (κ3) is 2.36. The molecule has 0 spiro atoms. The van der Waals surface area contributed by atoms with Gasteiger partial charge in [0.15, 0.2) is 11.6 Å². The van der Waals surface area contributed by atoms with Gasteiger partial charge in [-0.15, -0.1) is 0 Å². The number of fused-ring (bicyclic) bond motifs is 2. The number of nitrogens with zero attached hydrogens (tertiary/aromatic N) is 1. The topological polar surface area (TPSA) is 81.8 Å². The van der Waals surface area contributed by atoms with Gasteiger partial charge in [0.05, 0.1) is 5.70 Å². The van der Waals surface area contributed by atoms with Gasteiger partial charge in [0.1, 0.15) is 5.60 Å². The second-order valence-electron chi connectivity index (χ2n) is 6.60. The summed E-state index contributed by atoms with van der Waals surface area (Å²) in [5, 5.41) is 0. The van der Waals surface area contributed by atoms with Crippen LogP contribution < -0.4 is 5.73 Å². The molecule has 5 nitrogen and oxygen atoms in total. The Kier molecular flexibility index (Phi) is 3.15. The zero-order valence-electron chi connectivity index (χ0n) is 13.9. The van der Waals surface area contributed by atoms with E-state index in [1.54, 1.807) is 42.5 Å². The number of carbonyl (C=O) groups excluding carboxylic acids is 2. The first-order valence-electron chi connectivity index (χ1n) is 7.95. The van der Waals surface area contributed by atoms with Gasteiger partial charge < -0.3 is 10.5 Å². The molecule has 2 aromatic rings. The third-order valence-electron chi connectivity index (χ3n) is 4.46. The normalized spacial score (nSPS) is 19.3. The van der Waals surface area contributed by atoms with Gasteiger partial charge in [-0.2, -0.15) is 4.99 Å². The predicted octanol–water partition coefficient (Wildman–Crippen LogP) is 2.93. The standard InChI is InChI=1S/C20H16N2O3/c1-20(2)16(22-19(21)25-20)10-11-7-8-14-15(9-11)18(24)13-6-4-3-5-12(13)17(14)23/h3-10H,1-2H3,(H2,21,22). The minimum atomic E-state index is -0.633. The second-order valence-corrected chi connectivity index (χ2v) is 6.60. The fourth-order valence-corrected chi connectivity index (χ4v) is 3.16. The third-order valence-corrected chi connectivity index (χ3v) is 4.46. The minimum Gasteiger partial charge on any atom is -0.453 e. The summed E-state index contributed by atoms with van der Waals surface area (Å²) in [5.74, 6) is -0.272. The molecule has 1 heterocycles. The highest BCUT2D eigenvalue weighted by Gasteiger charge is 2.33. The lowest BCUT2D eigenvalue weighted by atomic mass is 9.83. The van der Waals surface area contributed by atoms with Crippen molar-refractivity contribution >= 4 is 23.7 Å². The molecule has 5 heteroatoms. The highest BCUT2D eigenvalue weighted by Crippen LogP contribution is 2.32. The van der Waals surface area contributed by atoms with Gasteiger partial charge in [0.2, 0.25) is 0 Å². The summed E-state index contributed by atoms with van der Waals surface area (Å²) < 4.78 is 5.47. The number of amidine groups is 1. The van der Waals surface area contributed by atoms with Gasteiger partial charge >= 0.3 is 0 Å². The molecule has 124 valence electrons. The zero-order valence-corrected chi connectivity index (χ0v) is 13.9. The number of ketones is 2. The Morgan fingerprint density at radius 1 is 0.960 bits per heavy atom. The Morgan fingerprint density at radius 2 is 1.56 bits per heavy atom. The van der Waals surface area contributed by atoms with Crippen LogP contribution in [-0.4, -0.2) is 23.2 Å². The molecule has 2 N–H and O–H groups in total. The van der Waals surface area contributed by atoms with Gasteiger partial charge in [-0.25, -0.2) is 0 Å². The first kappa shape index (κ1) is 15.3. The maximum absolute atomic E-state index is 12.8. The van der Waals surface area contributed by atoms with E-state index >= 15 is 0 Å². The van der Waals surface area contributed by atoms with Gasteiger partial charge in [0.25, 0.3) is 6.02 Å². The van der Waals surface area contributed by atoms with Crippen molar-refractivity contribution in [3.05, 3.63) is 76.0 Å². The van der Waals surface area contributed by atoms with Crippen molar-refractivity contribution in [2.45, 2.75) is 19.4 Å². The van der Waals surface area contributed by atoms with Crippen LogP contribution in [0.4, 0.5) is 0 Å². The number of rotatable bonds is 1. The summed E-state index contributed by atoms with van der Waals surface area (Å²) in [6, 6.07) is 12.2. The molecule has 0 saturated heterocycles. The molecule has 0 fully saturated rings. The van der Waals surface area contributed by atoms with E-state index in [9.17, 15) is 9.59 Å². The van der Waals surface area contributed by atoms with Gasteiger partial charge in [-0.1, -0.05) is 30.3 Å². The number of benzene rings is 2. The van der Waals surface area contributed by atoms with Crippen LogP contribution >= 0.6 is 0 Å². The number of hydrogen-bond donors (Lipinski definition) is 1. The molecule has 0 saturated carbocycles. The summed E-state index contributed by atoms with van der Waals surface area (Å²) in [4.78, 5) is 29.6. The van der Waals surface area contributed by atoms with Crippen molar-refractivity contribution in [1.29, 1.82) is 0 Å². The van der Waals surface area contributed by atoms with Crippen molar-refractivity contribution in [3.63, 3.8) is 0 Å². The van der Waals surface area contributed by atoms with E-state index in [-0.39, 0.29) is 17.6 Å². The molecule has 2 aliphatic rings. The fourth-order valence-electron chi connectivity index (χ4n) is 3.16. The van der Waals surface area contributed by atoms with Crippen LogP contribution in [0, 0.1) is 0 Å². The van der Waals surface area contributed by atoms with Crippen molar-refractivity contribution in [1.82, 2.24) is 0 Å². The van der Waals surface area contributed by atoms with Crippen LogP contribution in [0.1, 0.15) is 51.3 Å². The summed E-state index contributed by atoms with van der Waals surface area (Å²) in [6.45, 7) is 3.73. The molecule has 0 unspecified atom stereocenters. The molecule has 0 bridgehead atoms. The van der Waals surface area contributed by atoms with Crippen molar-refractivity contribution < 1.29 is 14.3 Å². The van der Waals surface area contributed by atoms with Gasteiger partial charge in [0, 0.05) is 22.3 Å². The van der Waals surface area contributed by atoms with E-state index in [0.717, 1.165) is 5.56 Å². The van der Waals surface area contributed by atoms with E-state index < -0.39 is 5.60 Å². The van der Waals surface area contributed by atoms with E-state index in [2.05, 4.69) is 4.99 Å². The highest BCUT2D eigenvalue weighted by molar-refractivity contribution is 6.28. The molecule has 1 aliphatic carbocycles. The van der Waals surface area contributed by atoms with E-state index in [4.69, 9.17) is 10.5 Å². The molecule has 2 aromatic carbocycles. The Bertz CT molecular complexity index is 1000. The maximum atomic E-state index is 12.8. The van der Waals surface area contributed by atoms with E-state index in [1.807, 2.05) is 19.9 Å². The van der Waals surface area contributed by atoms with Crippen molar-refractivity contribution in [3.8, 4) is 0 Å². The Hall–Kier alpha value is -3.21. The zero-order chi connectivity index (χ0) is 17.8. The van der Waals surface area contributed by atoms with Crippen molar-refractivity contribution in [2.75, 3.05) is 0 Å². The van der Waals surface area contributed by atoms with Crippen LogP contribution in [0.25, 0.3) is 6.08 Å². The lowest BCUT2D eigenvalue weighted by Crippen LogP contribution is -2.25. The average Bonchev–Trinajstić information content (AvgIpc) is 2.84. The largest absolute Gasteiger partial charge is 0.453 e. The molecule has 0 aromatic heterocycles. The van der Waals surface area contributed by atoms with Crippen LogP contribution in [0.5, 0.6) is 0 Å². The van der Waals surface area contributed by atoms with Crippen molar-refractivity contribution in [2.24, 2.45) is 10.7 Å². The van der Waals surface area contributed by atoms with E-state index in [1.165, 1.54) is 0 Å². The second kappa shape index (κ2) is 5.14. The monoisotopic (exact) mass is 332 g/mol. The summed E-state index contributed by atoms with van der Waals surface area (Å²) in [7, 11) is 0. The van der Waals surface area contributed by atoms with Gasteiger partial charge in [-0.05, 0) is 37.6 Å². The molecule has 1 aliphatic heterocycles. The van der Waals surface area contributed by atoms with Crippen LogP contribution in [0.3, 0.4) is 0 Å². The Labute approximate surface area is 144 Å². The lowest BCUT2D eigenvalue weighted by Gasteiger charge is -2.19. The summed E-state index contributed by atoms with van der Waals surface area (Å²) in [5.41, 5.74) is 8.18. The number of carbonyl (C=O) groups is 2. The quantitative estimate of drug-likeness (QED) is 0.743. The number of ether oxygens (including phenoxy) is 1. The summed E-state index contributed by atoms with van der Waals surface area (Å²) >= 11 is 0. The minimum absolute atomic E-state index is 0.120. The lowest BCUT2D eigenvalue weighted by molar-refractivity contribution is 0.0979.